The Bertz CT molecular complexity index is 338. The van der Waals surface area contributed by atoms with Crippen LogP contribution in [0.25, 0.3) is 0 Å². The van der Waals surface area contributed by atoms with Crippen LogP contribution in [-0.2, 0) is 0 Å². The number of fused-ring (bicyclic) bond motifs is 1. The molecule has 4 unspecified atom stereocenters. The van der Waals surface area contributed by atoms with Gasteiger partial charge in [0.1, 0.15) is 0 Å². The Labute approximate surface area is 98.1 Å². The van der Waals surface area contributed by atoms with Crippen molar-refractivity contribution in [2.24, 2.45) is 40.2 Å². The fraction of sp³-hybridized carbons (Fsp3) is 0.929. The maximum Gasteiger partial charge on any atom is 0.0576 e. The summed E-state index contributed by atoms with van der Waals surface area (Å²) in [6.07, 6.45) is 5.74. The lowest BCUT2D eigenvalue weighted by atomic mass is 9.71. The molecule has 0 heterocycles. The Kier molecular flexibility index (Phi) is 2.15. The summed E-state index contributed by atoms with van der Waals surface area (Å²) in [4.78, 5) is 0. The van der Waals surface area contributed by atoms with Gasteiger partial charge in [-0.1, -0.05) is 19.0 Å². The average Bonchev–Trinajstić information content (AvgIpc) is 2.91. The third-order valence-corrected chi connectivity index (χ3v) is 6.35. The first-order valence-electron chi connectivity index (χ1n) is 6.78. The van der Waals surface area contributed by atoms with E-state index in [2.05, 4.69) is 19.0 Å². The Hall–Kier alpha value is -0.530. The van der Waals surface area contributed by atoms with Crippen LogP contribution in [0.1, 0.15) is 46.5 Å². The monoisotopic (exact) mass is 221 g/mol. The maximum atomic E-state index is 9.08. The highest BCUT2D eigenvalue weighted by Gasteiger charge is 2.63. The second kappa shape index (κ2) is 3.24. The third kappa shape index (κ3) is 1.06. The highest BCUT2D eigenvalue weighted by Crippen LogP contribution is 2.70. The van der Waals surface area contributed by atoms with Crippen LogP contribution >= 0.6 is 0 Å². The third-order valence-electron chi connectivity index (χ3n) is 6.35. The zero-order valence-corrected chi connectivity index (χ0v) is 10.6. The SMILES string of the molecule is CC(=NO)C1C(C)C(C)[C@]23CC[C@H](CC12)C3. The molecular weight excluding hydrogens is 198 g/mol. The molecule has 0 aromatic carbocycles. The fourth-order valence-electron chi connectivity index (χ4n) is 5.54. The minimum atomic E-state index is 0.547. The topological polar surface area (TPSA) is 32.6 Å². The molecule has 3 saturated carbocycles. The standard InChI is InChI=1S/C14H23NO/c1-8-9(2)14-5-4-11(7-14)6-12(14)13(8)10(3)15-16/h8-9,11-13,16H,4-7H2,1-3H3/t8?,9?,11-,12?,13?,14-/m1/s1. The highest BCUT2D eigenvalue weighted by atomic mass is 16.4. The first-order valence-corrected chi connectivity index (χ1v) is 6.78. The van der Waals surface area contributed by atoms with E-state index in [4.69, 9.17) is 5.21 Å². The number of hydrogen-bond acceptors (Lipinski definition) is 2. The van der Waals surface area contributed by atoms with E-state index < -0.39 is 0 Å². The van der Waals surface area contributed by atoms with Crippen molar-refractivity contribution in [2.75, 3.05) is 0 Å². The lowest BCUT2D eigenvalue weighted by Crippen LogP contribution is -2.28. The number of oxime groups is 1. The minimum absolute atomic E-state index is 0.547. The molecule has 0 aliphatic heterocycles. The van der Waals surface area contributed by atoms with Gasteiger partial charge in [0.25, 0.3) is 0 Å². The van der Waals surface area contributed by atoms with Crippen molar-refractivity contribution >= 4 is 5.71 Å². The van der Waals surface area contributed by atoms with Gasteiger partial charge in [0, 0.05) is 5.92 Å². The molecule has 3 fully saturated rings. The van der Waals surface area contributed by atoms with E-state index in [-0.39, 0.29) is 0 Å². The van der Waals surface area contributed by atoms with Crippen molar-refractivity contribution in [2.45, 2.75) is 46.5 Å². The van der Waals surface area contributed by atoms with Crippen molar-refractivity contribution in [1.82, 2.24) is 0 Å². The molecule has 0 saturated heterocycles. The lowest BCUT2D eigenvalue weighted by Gasteiger charge is -2.34. The summed E-state index contributed by atoms with van der Waals surface area (Å²) < 4.78 is 0. The lowest BCUT2D eigenvalue weighted by molar-refractivity contribution is 0.156. The second-order valence-electron chi connectivity index (χ2n) is 6.60. The number of rotatable bonds is 1. The Balaban J connectivity index is 1.99. The van der Waals surface area contributed by atoms with Gasteiger partial charge < -0.3 is 5.21 Å². The first-order chi connectivity index (χ1) is 7.60. The normalized spacial score (nSPS) is 55.7. The van der Waals surface area contributed by atoms with Crippen LogP contribution in [0.2, 0.25) is 0 Å². The van der Waals surface area contributed by atoms with E-state index >= 15 is 0 Å². The quantitative estimate of drug-likeness (QED) is 0.410. The Morgan fingerprint density at radius 1 is 1.38 bits per heavy atom. The van der Waals surface area contributed by atoms with Crippen LogP contribution in [0.3, 0.4) is 0 Å². The predicted molar refractivity (Wildman–Crippen MR) is 64.6 cm³/mol. The zero-order chi connectivity index (χ0) is 11.5. The summed E-state index contributed by atoms with van der Waals surface area (Å²) in [6.45, 7) is 6.82. The van der Waals surface area contributed by atoms with Gasteiger partial charge in [-0.2, -0.15) is 0 Å². The second-order valence-corrected chi connectivity index (χ2v) is 6.60. The fourth-order valence-corrected chi connectivity index (χ4v) is 5.54. The smallest absolute Gasteiger partial charge is 0.0576 e. The molecule has 2 nitrogen and oxygen atoms in total. The predicted octanol–water partition coefficient (Wildman–Crippen LogP) is 3.54. The molecule has 0 amide bonds. The molecule has 2 bridgehead atoms. The molecule has 3 aliphatic carbocycles. The van der Waals surface area contributed by atoms with Crippen LogP contribution in [0.4, 0.5) is 0 Å². The van der Waals surface area contributed by atoms with Crippen molar-refractivity contribution in [3.63, 3.8) is 0 Å². The van der Waals surface area contributed by atoms with Crippen LogP contribution < -0.4 is 0 Å². The molecule has 16 heavy (non-hydrogen) atoms. The van der Waals surface area contributed by atoms with Crippen LogP contribution in [0, 0.1) is 35.0 Å². The van der Waals surface area contributed by atoms with Gasteiger partial charge in [0.05, 0.1) is 5.71 Å². The summed E-state index contributed by atoms with van der Waals surface area (Å²) in [5.41, 5.74) is 1.59. The molecule has 1 spiro atoms. The molecular formula is C14H23NO. The van der Waals surface area contributed by atoms with Crippen molar-refractivity contribution in [3.05, 3.63) is 0 Å². The molecule has 90 valence electrons. The summed E-state index contributed by atoms with van der Waals surface area (Å²) in [5.74, 6) is 3.85. The average molecular weight is 221 g/mol. The van der Waals surface area contributed by atoms with E-state index in [1.807, 2.05) is 6.92 Å². The van der Waals surface area contributed by atoms with E-state index in [9.17, 15) is 0 Å². The van der Waals surface area contributed by atoms with Crippen LogP contribution in [0.5, 0.6) is 0 Å². The van der Waals surface area contributed by atoms with Crippen molar-refractivity contribution in [1.29, 1.82) is 0 Å². The molecule has 0 aromatic heterocycles. The van der Waals surface area contributed by atoms with Gasteiger partial charge in [0.2, 0.25) is 0 Å². The van der Waals surface area contributed by atoms with Crippen molar-refractivity contribution < 1.29 is 5.21 Å². The van der Waals surface area contributed by atoms with E-state index in [1.165, 1.54) is 25.7 Å². The van der Waals surface area contributed by atoms with Gasteiger partial charge in [-0.05, 0) is 61.7 Å². The van der Waals surface area contributed by atoms with Crippen LogP contribution in [-0.4, -0.2) is 10.9 Å². The zero-order valence-electron chi connectivity index (χ0n) is 10.6. The Morgan fingerprint density at radius 2 is 2.12 bits per heavy atom. The minimum Gasteiger partial charge on any atom is -0.411 e. The van der Waals surface area contributed by atoms with Crippen molar-refractivity contribution in [3.8, 4) is 0 Å². The van der Waals surface area contributed by atoms with E-state index in [0.717, 1.165) is 23.5 Å². The number of nitrogens with zero attached hydrogens (tertiary/aromatic N) is 1. The molecule has 3 rings (SSSR count). The maximum absolute atomic E-state index is 9.08. The molecule has 1 N–H and O–H groups in total. The summed E-state index contributed by atoms with van der Waals surface area (Å²) in [6, 6.07) is 0. The van der Waals surface area contributed by atoms with Gasteiger partial charge >= 0.3 is 0 Å². The first kappa shape index (κ1) is 10.6. The molecule has 2 heteroatoms. The van der Waals surface area contributed by atoms with E-state index in [0.29, 0.717) is 17.3 Å². The Morgan fingerprint density at radius 3 is 2.75 bits per heavy atom. The number of hydrogen-bond donors (Lipinski definition) is 1. The molecule has 6 atom stereocenters. The molecule has 0 radical (unpaired) electrons. The summed E-state index contributed by atoms with van der Waals surface area (Å²) in [7, 11) is 0. The largest absolute Gasteiger partial charge is 0.411 e. The highest BCUT2D eigenvalue weighted by molar-refractivity contribution is 5.85. The van der Waals surface area contributed by atoms with Gasteiger partial charge in [-0.15, -0.1) is 0 Å². The molecule has 0 aromatic rings. The van der Waals surface area contributed by atoms with Gasteiger partial charge in [-0.25, -0.2) is 0 Å². The van der Waals surface area contributed by atoms with Crippen LogP contribution in [0.15, 0.2) is 5.16 Å². The van der Waals surface area contributed by atoms with Gasteiger partial charge in [0.15, 0.2) is 0 Å². The summed E-state index contributed by atoms with van der Waals surface area (Å²) >= 11 is 0. The summed E-state index contributed by atoms with van der Waals surface area (Å²) in [5, 5.41) is 12.6. The molecule has 3 aliphatic rings. The van der Waals surface area contributed by atoms with Gasteiger partial charge in [-0.3, -0.25) is 0 Å². The van der Waals surface area contributed by atoms with E-state index in [1.54, 1.807) is 0 Å².